The zero-order chi connectivity index (χ0) is 53.8. The van der Waals surface area contributed by atoms with Crippen LogP contribution in [0, 0.1) is 0 Å². The van der Waals surface area contributed by atoms with Gasteiger partial charge in [0.2, 0.25) is 11.8 Å². The Labute approximate surface area is 431 Å². The van der Waals surface area contributed by atoms with Crippen molar-refractivity contribution in [2.75, 3.05) is 85.3 Å². The van der Waals surface area contributed by atoms with E-state index in [0.29, 0.717) is 82.8 Å². The highest BCUT2D eigenvalue weighted by Crippen LogP contribution is 2.42. The van der Waals surface area contributed by atoms with E-state index in [4.69, 9.17) is 66.8 Å². The van der Waals surface area contributed by atoms with Crippen LogP contribution in [-0.2, 0) is 20.4 Å². The highest BCUT2D eigenvalue weighted by atomic mass is 32.2. The molecule has 0 saturated heterocycles. The van der Waals surface area contributed by atoms with Gasteiger partial charge in [0, 0.05) is 56.8 Å². The number of rotatable bonds is 28. The standard InChI is InChI=1S/C48H78N16O6S2/c1-47(2,3)27-21-33(39(71-19-13-51)35(23-27)63-43(67)31(53)9-7-15-59-45(55)56)61-41(65)29-25-30(38(70-18-12-50)26-37(29)69-17-11-49)42(66)62-34-22-28(48(4,5)6)24-36(40(34)72-20-14-52)64-44(68)32(54)10-8-16-60-46(57)58/h21-26,31-32H,7-20,49-54H2,1-6H3,(H,61,65)(H,62,66)(H,63,67)(H,64,68)(H4,55,56,59)(H4,57,58,60)/t31-,32-/m0/s1. The molecule has 0 aliphatic heterocycles. The van der Waals surface area contributed by atoms with E-state index in [1.165, 1.54) is 35.7 Å². The number of aliphatic imine (C=N–C) groups is 2. The molecule has 0 bridgehead atoms. The topological polar surface area (TPSA) is 420 Å². The molecule has 2 atom stereocenters. The molecule has 3 aromatic carbocycles. The van der Waals surface area contributed by atoms with Crippen molar-refractivity contribution in [3.8, 4) is 11.5 Å². The minimum absolute atomic E-state index is 0.0113. The molecule has 0 fully saturated rings. The molecule has 0 aromatic heterocycles. The second-order valence-corrected chi connectivity index (χ2v) is 20.9. The van der Waals surface area contributed by atoms with Crippen molar-refractivity contribution in [3.05, 3.63) is 58.7 Å². The summed E-state index contributed by atoms with van der Waals surface area (Å²) in [5, 5.41) is 12.0. The molecular weight excluding hydrogens is 961 g/mol. The predicted octanol–water partition coefficient (Wildman–Crippen LogP) is 2.20. The summed E-state index contributed by atoms with van der Waals surface area (Å²) in [5.74, 6) is -1.36. The Morgan fingerprint density at radius 1 is 0.542 bits per heavy atom. The average Bonchev–Trinajstić information content (AvgIpc) is 3.30. The van der Waals surface area contributed by atoms with Gasteiger partial charge < -0.3 is 88.1 Å². The summed E-state index contributed by atoms with van der Waals surface area (Å²) in [6.45, 7) is 13.4. The van der Waals surface area contributed by atoms with Gasteiger partial charge in [-0.2, -0.15) is 0 Å². The number of amides is 4. The van der Waals surface area contributed by atoms with Crippen molar-refractivity contribution in [2.24, 2.45) is 67.3 Å². The maximum Gasteiger partial charge on any atom is 0.259 e. The molecule has 0 spiro atoms. The van der Waals surface area contributed by atoms with Gasteiger partial charge in [0.15, 0.2) is 11.9 Å². The summed E-state index contributed by atoms with van der Waals surface area (Å²) in [6.07, 6.45) is 1.53. The molecular formula is C48H78N16O6S2. The van der Waals surface area contributed by atoms with Crippen LogP contribution in [-0.4, -0.2) is 112 Å². The van der Waals surface area contributed by atoms with Gasteiger partial charge in [-0.25, -0.2) is 0 Å². The van der Waals surface area contributed by atoms with E-state index < -0.39 is 46.5 Å². The van der Waals surface area contributed by atoms with Gasteiger partial charge in [0.05, 0.1) is 55.8 Å². The zero-order valence-electron chi connectivity index (χ0n) is 42.5. The van der Waals surface area contributed by atoms with Crippen LogP contribution in [0.3, 0.4) is 0 Å². The monoisotopic (exact) mass is 1040 g/mol. The number of guanidine groups is 2. The van der Waals surface area contributed by atoms with Crippen molar-refractivity contribution in [1.82, 2.24) is 0 Å². The number of carbonyl (C=O) groups excluding carboxylic acids is 4. The van der Waals surface area contributed by atoms with Gasteiger partial charge in [0.1, 0.15) is 24.7 Å². The lowest BCUT2D eigenvalue weighted by Gasteiger charge is -2.25. The fourth-order valence-corrected chi connectivity index (χ4v) is 8.46. The predicted molar refractivity (Wildman–Crippen MR) is 294 cm³/mol. The Bertz CT molecular complexity index is 2220. The maximum absolute atomic E-state index is 14.9. The first-order chi connectivity index (χ1) is 33.9. The van der Waals surface area contributed by atoms with Crippen molar-refractivity contribution >= 4 is 81.8 Å². The van der Waals surface area contributed by atoms with Crippen LogP contribution in [0.15, 0.2) is 56.2 Å². The quantitative estimate of drug-likeness (QED) is 0.0214. The molecule has 0 aliphatic carbocycles. The minimum atomic E-state index is -0.900. The van der Waals surface area contributed by atoms with Gasteiger partial charge in [0.25, 0.3) is 11.8 Å². The number of nitrogens with two attached hydrogens (primary N) is 10. The highest BCUT2D eigenvalue weighted by Gasteiger charge is 2.28. The fourth-order valence-electron chi connectivity index (χ4n) is 6.75. The lowest BCUT2D eigenvalue weighted by Crippen LogP contribution is -2.36. The summed E-state index contributed by atoms with van der Waals surface area (Å²) in [4.78, 5) is 65.9. The third kappa shape index (κ3) is 19.0. The minimum Gasteiger partial charge on any atom is -0.491 e. The number of hydrogen-bond acceptors (Lipinski definition) is 16. The number of thioether (sulfide) groups is 2. The number of carbonyl (C=O) groups is 4. The molecule has 398 valence electrons. The molecule has 72 heavy (non-hydrogen) atoms. The molecule has 0 saturated carbocycles. The summed E-state index contributed by atoms with van der Waals surface area (Å²) in [7, 11) is 0. The normalized spacial score (nSPS) is 12.3. The van der Waals surface area contributed by atoms with Crippen molar-refractivity contribution in [2.45, 2.75) is 99.9 Å². The van der Waals surface area contributed by atoms with E-state index in [-0.39, 0.29) is 73.9 Å². The Morgan fingerprint density at radius 2 is 0.889 bits per heavy atom. The third-order valence-corrected chi connectivity index (χ3v) is 12.9. The van der Waals surface area contributed by atoms with Crippen molar-refractivity contribution in [1.29, 1.82) is 0 Å². The lowest BCUT2D eigenvalue weighted by atomic mass is 9.86. The second kappa shape index (κ2) is 29.0. The largest absolute Gasteiger partial charge is 0.491 e. The number of nitrogens with one attached hydrogen (secondary N) is 4. The average molecular weight is 1040 g/mol. The molecule has 22 nitrogen and oxygen atoms in total. The summed E-state index contributed by atoms with van der Waals surface area (Å²) < 4.78 is 12.1. The second-order valence-electron chi connectivity index (χ2n) is 18.7. The number of anilines is 4. The Balaban J connectivity index is 2.23. The Kier molecular flexibility index (Phi) is 24.3. The van der Waals surface area contributed by atoms with Crippen LogP contribution in [0.25, 0.3) is 0 Å². The van der Waals surface area contributed by atoms with E-state index in [1.54, 1.807) is 0 Å². The van der Waals surface area contributed by atoms with Crippen LogP contribution in [0.5, 0.6) is 11.5 Å². The van der Waals surface area contributed by atoms with E-state index in [2.05, 4.69) is 31.3 Å². The molecule has 3 rings (SSSR count). The first kappa shape index (κ1) is 60.4. The SMILES string of the molecule is CC(C)(C)c1cc(NC(=O)c2cc(C(=O)Nc3cc(C(C)(C)C)cc(NC(=O)[C@@H](N)CCCN=C(N)N)c3SCCN)c(OCCN)cc2OCCN)c(SCCN)c(NC(=O)[C@@H](N)CCCN=C(N)N)c1. The lowest BCUT2D eigenvalue weighted by molar-refractivity contribution is -0.118. The first-order valence-electron chi connectivity index (χ1n) is 23.7. The van der Waals surface area contributed by atoms with Crippen LogP contribution < -0.4 is 88.1 Å². The summed E-state index contributed by atoms with van der Waals surface area (Å²) in [5.41, 5.74) is 60.3. The number of hydrogen-bond donors (Lipinski definition) is 14. The van der Waals surface area contributed by atoms with Crippen molar-refractivity contribution < 1.29 is 28.7 Å². The number of benzene rings is 3. The van der Waals surface area contributed by atoms with E-state index in [1.807, 2.05) is 65.8 Å². The summed E-state index contributed by atoms with van der Waals surface area (Å²) in [6, 6.07) is 8.36. The van der Waals surface area contributed by atoms with Crippen LogP contribution in [0.4, 0.5) is 22.7 Å². The van der Waals surface area contributed by atoms with Gasteiger partial charge in [-0.05, 0) is 78.0 Å². The molecule has 0 unspecified atom stereocenters. The molecule has 0 aliphatic rings. The molecule has 0 heterocycles. The maximum atomic E-state index is 14.9. The van der Waals surface area contributed by atoms with Gasteiger partial charge in [-0.1, -0.05) is 41.5 Å². The Hall–Kier alpha value is -5.86. The first-order valence-corrected chi connectivity index (χ1v) is 25.7. The molecule has 24 N–H and O–H groups in total. The van der Waals surface area contributed by atoms with Gasteiger partial charge in [-0.3, -0.25) is 29.2 Å². The molecule has 4 amide bonds. The van der Waals surface area contributed by atoms with Crippen LogP contribution in [0.2, 0.25) is 0 Å². The van der Waals surface area contributed by atoms with Gasteiger partial charge >= 0.3 is 0 Å². The van der Waals surface area contributed by atoms with Crippen LogP contribution >= 0.6 is 23.5 Å². The third-order valence-electron chi connectivity index (χ3n) is 10.6. The molecule has 3 aromatic rings. The number of ether oxygens (including phenoxy) is 2. The van der Waals surface area contributed by atoms with Crippen LogP contribution in [0.1, 0.15) is 99.1 Å². The zero-order valence-corrected chi connectivity index (χ0v) is 44.1. The fraction of sp³-hybridized carbons (Fsp3) is 0.500. The van der Waals surface area contributed by atoms with E-state index >= 15 is 0 Å². The number of nitrogens with zero attached hydrogens (tertiary/aromatic N) is 2. The van der Waals surface area contributed by atoms with Crippen molar-refractivity contribution in [3.63, 3.8) is 0 Å². The molecule has 0 radical (unpaired) electrons. The smallest absolute Gasteiger partial charge is 0.259 e. The summed E-state index contributed by atoms with van der Waals surface area (Å²) >= 11 is 2.66. The van der Waals surface area contributed by atoms with Gasteiger partial charge in [-0.15, -0.1) is 23.5 Å². The molecule has 24 heteroatoms. The van der Waals surface area contributed by atoms with E-state index in [0.717, 1.165) is 11.1 Å². The Morgan fingerprint density at radius 3 is 1.19 bits per heavy atom. The van der Waals surface area contributed by atoms with E-state index in [9.17, 15) is 19.2 Å². The highest BCUT2D eigenvalue weighted by molar-refractivity contribution is 7.99.